The maximum Gasteiger partial charge on any atom is 0.231 e. The number of hydrogen-bond donors (Lipinski definition) is 2. The molecular formula is C61H80N6O4. The maximum absolute atomic E-state index is 13.8. The second-order valence-corrected chi connectivity index (χ2v) is 20.7. The summed E-state index contributed by atoms with van der Waals surface area (Å²) >= 11 is 0. The molecule has 4 aromatic carbocycles. The number of piperidine rings is 2. The number of benzene rings is 4. The van der Waals surface area contributed by atoms with Gasteiger partial charge in [0.15, 0.2) is 0 Å². The lowest BCUT2D eigenvalue weighted by molar-refractivity contribution is -0.134. The van der Waals surface area contributed by atoms with Crippen molar-refractivity contribution in [3.8, 4) is 23.6 Å². The fourth-order valence-electron chi connectivity index (χ4n) is 13.7. The summed E-state index contributed by atoms with van der Waals surface area (Å²) in [5.41, 5.74) is 6.82. The van der Waals surface area contributed by atoms with E-state index < -0.39 is 5.41 Å². The number of amides is 1. The van der Waals surface area contributed by atoms with E-state index in [0.29, 0.717) is 36.1 Å². The van der Waals surface area contributed by atoms with E-state index in [1.165, 1.54) is 69.2 Å². The summed E-state index contributed by atoms with van der Waals surface area (Å²) in [6.45, 7) is 13.7. The second-order valence-electron chi connectivity index (χ2n) is 20.7. The van der Waals surface area contributed by atoms with Crippen LogP contribution in [0.2, 0.25) is 0 Å². The molecule has 2 aliphatic carbocycles. The van der Waals surface area contributed by atoms with Gasteiger partial charge in [0.25, 0.3) is 0 Å². The van der Waals surface area contributed by atoms with Gasteiger partial charge in [-0.15, -0.1) is 0 Å². The van der Waals surface area contributed by atoms with Crippen molar-refractivity contribution < 1.29 is 19.0 Å². The van der Waals surface area contributed by atoms with Crippen LogP contribution in [0, 0.1) is 46.3 Å². The summed E-state index contributed by atoms with van der Waals surface area (Å²) in [7, 11) is 1.80. The van der Waals surface area contributed by atoms with Crippen LogP contribution in [0.5, 0.6) is 11.5 Å². The molecule has 0 bridgehead atoms. The molecular weight excluding hydrogens is 881 g/mol. The van der Waals surface area contributed by atoms with E-state index >= 15 is 0 Å². The zero-order chi connectivity index (χ0) is 49.5. The van der Waals surface area contributed by atoms with Crippen molar-refractivity contribution in [3.63, 3.8) is 0 Å². The lowest BCUT2D eigenvalue weighted by Crippen LogP contribution is -2.59. The van der Waals surface area contributed by atoms with Gasteiger partial charge in [-0.3, -0.25) is 4.79 Å². The number of nitrogens with zero attached hydrogens (tertiary/aromatic N) is 4. The third-order valence-corrected chi connectivity index (χ3v) is 17.1. The van der Waals surface area contributed by atoms with Gasteiger partial charge in [0, 0.05) is 38.8 Å². The van der Waals surface area contributed by atoms with E-state index in [9.17, 15) is 4.79 Å². The Morgan fingerprint density at radius 1 is 0.620 bits per heavy atom. The Kier molecular flexibility index (Phi) is 18.7. The predicted molar refractivity (Wildman–Crippen MR) is 282 cm³/mol. The number of rotatable bonds is 15. The van der Waals surface area contributed by atoms with Crippen LogP contribution in [-0.2, 0) is 33.5 Å². The quantitative estimate of drug-likeness (QED) is 0.112. The summed E-state index contributed by atoms with van der Waals surface area (Å²) < 4.78 is 17.5. The van der Waals surface area contributed by atoms with Crippen LogP contribution in [0.4, 0.5) is 0 Å². The number of nitrogens with one attached hydrogen (secondary N) is 2. The molecule has 2 N–H and O–H groups in total. The molecule has 10 rings (SSSR count). The van der Waals surface area contributed by atoms with Crippen LogP contribution < -0.4 is 20.1 Å². The molecule has 10 heteroatoms. The van der Waals surface area contributed by atoms with Gasteiger partial charge in [-0.1, -0.05) is 75.2 Å². The van der Waals surface area contributed by atoms with Gasteiger partial charge in [-0.2, -0.15) is 10.5 Å². The average molecular weight is 961 g/mol. The Bertz CT molecular complexity index is 2370. The van der Waals surface area contributed by atoms with Crippen LogP contribution in [0.1, 0.15) is 131 Å². The van der Waals surface area contributed by atoms with Crippen LogP contribution in [0.15, 0.2) is 97.1 Å². The van der Waals surface area contributed by atoms with Crippen molar-refractivity contribution in [3.05, 3.63) is 130 Å². The Labute approximate surface area is 425 Å². The summed E-state index contributed by atoms with van der Waals surface area (Å²) in [5, 5.41) is 25.3. The Balaban J connectivity index is 0.000000185. The molecule has 4 unspecified atom stereocenters. The molecule has 4 heterocycles. The third kappa shape index (κ3) is 11.8. The molecule has 4 atom stereocenters. The van der Waals surface area contributed by atoms with Gasteiger partial charge in [-0.05, 0) is 198 Å². The zero-order valence-electron chi connectivity index (χ0n) is 43.0. The van der Waals surface area contributed by atoms with Gasteiger partial charge >= 0.3 is 0 Å². The van der Waals surface area contributed by atoms with Crippen LogP contribution in [0.3, 0.4) is 0 Å². The normalized spacial score (nSPS) is 24.9. The van der Waals surface area contributed by atoms with Crippen molar-refractivity contribution >= 4 is 5.91 Å². The lowest BCUT2D eigenvalue weighted by Gasteiger charge is -2.52. The van der Waals surface area contributed by atoms with Crippen molar-refractivity contribution in [1.82, 2.24) is 20.4 Å². The molecule has 0 spiro atoms. The molecule has 2 saturated carbocycles. The Morgan fingerprint density at radius 2 is 1.14 bits per heavy atom. The fraction of sp³-hybridized carbons (Fsp3) is 0.557. The molecule has 71 heavy (non-hydrogen) atoms. The van der Waals surface area contributed by atoms with Crippen molar-refractivity contribution in [2.75, 3.05) is 66.1 Å². The van der Waals surface area contributed by atoms with E-state index in [4.69, 9.17) is 24.7 Å². The number of carbonyl (C=O) groups is 1. The summed E-state index contributed by atoms with van der Waals surface area (Å²) in [6, 6.07) is 36.9. The van der Waals surface area contributed by atoms with Crippen LogP contribution >= 0.6 is 0 Å². The molecule has 4 aromatic rings. The Hall–Kier alpha value is -5.23. The summed E-state index contributed by atoms with van der Waals surface area (Å²) in [6.07, 6.45) is 16.7. The third-order valence-electron chi connectivity index (χ3n) is 17.1. The first-order valence-electron chi connectivity index (χ1n) is 27.4. The SMILES string of the molecule is CC.COC1CCC(C2(C3CCN(CCCOc4ccc(C#N)cc4)CC3)C(=O)NCc3ccccc32)C1.N#Cc1ccc(OCCCN2CCC(C3(C4CCCC4)NCCc4ccccc43)CC2)cc1. The molecule has 0 aromatic heterocycles. The van der Waals surface area contributed by atoms with E-state index in [1.807, 2.05) is 50.2 Å². The van der Waals surface area contributed by atoms with E-state index in [0.717, 1.165) is 108 Å². The first-order chi connectivity index (χ1) is 34.9. The number of carbonyl (C=O) groups excluding carboxylic acids is 1. The molecule has 4 fully saturated rings. The van der Waals surface area contributed by atoms with E-state index in [-0.39, 0.29) is 17.6 Å². The number of hydrogen-bond acceptors (Lipinski definition) is 9. The highest BCUT2D eigenvalue weighted by molar-refractivity contribution is 5.91. The zero-order valence-corrected chi connectivity index (χ0v) is 43.0. The van der Waals surface area contributed by atoms with Crippen molar-refractivity contribution in [1.29, 1.82) is 10.5 Å². The smallest absolute Gasteiger partial charge is 0.231 e. The van der Waals surface area contributed by atoms with Gasteiger partial charge in [0.05, 0.1) is 48.0 Å². The number of methoxy groups -OCH3 is 1. The number of ether oxygens (including phenoxy) is 3. The molecule has 2 saturated heterocycles. The minimum absolute atomic E-state index is 0.191. The second kappa shape index (κ2) is 25.4. The number of nitriles is 2. The molecule has 0 radical (unpaired) electrons. The minimum Gasteiger partial charge on any atom is -0.494 e. The monoisotopic (exact) mass is 961 g/mol. The van der Waals surface area contributed by atoms with Crippen LogP contribution in [-0.4, -0.2) is 87.9 Å². The topological polar surface area (TPSA) is 123 Å². The standard InChI is InChI=1S/C30H37N3O3.C29H37N3O.C2H6/c1-35-27-12-9-25(19-27)30(28-6-3-2-5-23(28)21-32-29(30)34)24-13-16-33(17-14-24)15-4-18-36-26-10-7-22(20-31)8-11-26;30-22-23-10-12-27(13-11-23)33-21-5-18-32-19-15-26(16-20-32)29(25-7-2-3-8-25)28-9-4-1-6-24(28)14-17-31-29;1-2/h2-3,5-8,10-11,24-25,27H,4,9,12-19,21H2,1H3,(H,32,34);1,4,6,9-13,25-26,31H,2-3,5,7-8,14-21H2;1-2H3. The van der Waals surface area contributed by atoms with Crippen molar-refractivity contribution in [2.24, 2.45) is 23.7 Å². The largest absolute Gasteiger partial charge is 0.494 e. The first-order valence-corrected chi connectivity index (χ1v) is 27.4. The van der Waals surface area contributed by atoms with E-state index in [1.54, 1.807) is 30.4 Å². The highest BCUT2D eigenvalue weighted by Crippen LogP contribution is 2.53. The molecule has 10 nitrogen and oxygen atoms in total. The van der Waals surface area contributed by atoms with Gasteiger partial charge in [0.2, 0.25) is 5.91 Å². The predicted octanol–water partition coefficient (Wildman–Crippen LogP) is 10.7. The fourth-order valence-corrected chi connectivity index (χ4v) is 13.7. The lowest BCUT2D eigenvalue weighted by atomic mass is 9.56. The van der Waals surface area contributed by atoms with Gasteiger partial charge < -0.3 is 34.6 Å². The number of fused-ring (bicyclic) bond motifs is 2. The molecule has 4 aliphatic heterocycles. The van der Waals surface area contributed by atoms with Crippen molar-refractivity contribution in [2.45, 2.75) is 127 Å². The molecule has 6 aliphatic rings. The van der Waals surface area contributed by atoms with E-state index in [2.05, 4.69) is 81.1 Å². The number of likely N-dealkylation sites (tertiary alicyclic amines) is 2. The maximum atomic E-state index is 13.8. The highest BCUT2D eigenvalue weighted by Gasteiger charge is 2.57. The van der Waals surface area contributed by atoms with Gasteiger partial charge in [0.1, 0.15) is 11.5 Å². The molecule has 378 valence electrons. The summed E-state index contributed by atoms with van der Waals surface area (Å²) in [4.78, 5) is 19.0. The summed E-state index contributed by atoms with van der Waals surface area (Å²) in [5.74, 6) is 4.07. The highest BCUT2D eigenvalue weighted by atomic mass is 16.5. The average Bonchev–Trinajstić information content (AvgIpc) is 4.17. The minimum atomic E-state index is -0.451. The van der Waals surface area contributed by atoms with Gasteiger partial charge in [-0.25, -0.2) is 0 Å². The molecule has 1 amide bonds. The first kappa shape index (κ1) is 52.1. The van der Waals surface area contributed by atoms with Crippen LogP contribution in [0.25, 0.3) is 0 Å². The Morgan fingerprint density at radius 3 is 1.69 bits per heavy atom.